The van der Waals surface area contributed by atoms with Crippen molar-refractivity contribution in [2.24, 2.45) is 0 Å². The molecule has 0 spiro atoms. The summed E-state index contributed by atoms with van der Waals surface area (Å²) in [5.41, 5.74) is 4.70. The van der Waals surface area contributed by atoms with Crippen molar-refractivity contribution < 1.29 is 14.1 Å². The van der Waals surface area contributed by atoms with E-state index in [1.54, 1.807) is 24.3 Å². The van der Waals surface area contributed by atoms with Crippen LogP contribution in [0.4, 0.5) is 0 Å². The number of aryl methyl sites for hydroxylation is 2. The minimum Gasteiger partial charge on any atom is -0.489 e. The van der Waals surface area contributed by atoms with E-state index in [0.29, 0.717) is 24.5 Å². The third-order valence-corrected chi connectivity index (χ3v) is 4.73. The van der Waals surface area contributed by atoms with Crippen LogP contribution in [0.1, 0.15) is 38.5 Å². The Balaban J connectivity index is 1.57. The van der Waals surface area contributed by atoms with Gasteiger partial charge in [0.25, 0.3) is 5.91 Å². The van der Waals surface area contributed by atoms with Crippen molar-refractivity contribution in [2.45, 2.75) is 33.5 Å². The monoisotopic (exact) mass is 393 g/mol. The van der Waals surface area contributed by atoms with Crippen LogP contribution in [0.2, 0.25) is 0 Å². The minimum atomic E-state index is -0.109. The van der Waals surface area contributed by atoms with Crippen molar-refractivity contribution in [2.75, 3.05) is 14.1 Å². The number of ether oxygens (including phenoxy) is 1. The van der Waals surface area contributed by atoms with Crippen LogP contribution in [0.3, 0.4) is 0 Å². The van der Waals surface area contributed by atoms with Crippen LogP contribution >= 0.6 is 0 Å². The summed E-state index contributed by atoms with van der Waals surface area (Å²) in [6.07, 6.45) is 0. The molecule has 0 atom stereocenters. The molecule has 0 saturated heterocycles. The van der Waals surface area contributed by atoms with Gasteiger partial charge in [0.15, 0.2) is 0 Å². The molecule has 29 heavy (non-hydrogen) atoms. The van der Waals surface area contributed by atoms with Crippen molar-refractivity contribution >= 4 is 5.91 Å². The Morgan fingerprint density at radius 1 is 1.07 bits per heavy atom. The fraction of sp³-hybridized carbons (Fsp3) is 0.304. The summed E-state index contributed by atoms with van der Waals surface area (Å²) in [5.74, 6) is 1.34. The lowest BCUT2D eigenvalue weighted by Gasteiger charge is -2.14. The Morgan fingerprint density at radius 3 is 2.38 bits per heavy atom. The molecule has 0 bridgehead atoms. The number of amides is 1. The summed E-state index contributed by atoms with van der Waals surface area (Å²) in [6, 6.07) is 15.3. The van der Waals surface area contributed by atoms with Crippen LogP contribution in [0.5, 0.6) is 5.75 Å². The van der Waals surface area contributed by atoms with Gasteiger partial charge in [-0.05, 0) is 63.3 Å². The van der Waals surface area contributed by atoms with Crippen LogP contribution in [0.15, 0.2) is 53.1 Å². The van der Waals surface area contributed by atoms with E-state index in [9.17, 15) is 4.79 Å². The van der Waals surface area contributed by atoms with E-state index in [0.717, 1.165) is 29.1 Å². The lowest BCUT2D eigenvalue weighted by Crippen LogP contribution is -2.24. The van der Waals surface area contributed by atoms with Crippen molar-refractivity contribution in [3.63, 3.8) is 0 Å². The maximum Gasteiger partial charge on any atom is 0.251 e. The topological polar surface area (TPSA) is 67.6 Å². The zero-order valence-electron chi connectivity index (χ0n) is 17.4. The van der Waals surface area contributed by atoms with Gasteiger partial charge >= 0.3 is 0 Å². The smallest absolute Gasteiger partial charge is 0.251 e. The molecule has 0 radical (unpaired) electrons. The molecule has 6 heteroatoms. The SMILES string of the molecule is Cc1noc(C)c1COc1ccc(C(=O)NCc2ccccc2CN(C)C)cc1. The predicted molar refractivity (Wildman–Crippen MR) is 112 cm³/mol. The van der Waals surface area contributed by atoms with E-state index >= 15 is 0 Å². The fourth-order valence-corrected chi connectivity index (χ4v) is 3.07. The molecule has 3 rings (SSSR count). The molecule has 0 aliphatic rings. The summed E-state index contributed by atoms with van der Waals surface area (Å²) in [6.45, 7) is 5.47. The number of aromatic nitrogens is 1. The molecule has 1 aromatic heterocycles. The highest BCUT2D eigenvalue weighted by Gasteiger charge is 2.11. The van der Waals surface area contributed by atoms with Crippen molar-refractivity contribution in [1.82, 2.24) is 15.4 Å². The van der Waals surface area contributed by atoms with Crippen LogP contribution in [-0.4, -0.2) is 30.1 Å². The fourth-order valence-electron chi connectivity index (χ4n) is 3.07. The highest BCUT2D eigenvalue weighted by molar-refractivity contribution is 5.94. The first-order valence-corrected chi connectivity index (χ1v) is 9.58. The second-order valence-electron chi connectivity index (χ2n) is 7.30. The Kier molecular flexibility index (Phi) is 6.67. The van der Waals surface area contributed by atoms with Gasteiger partial charge in [-0.25, -0.2) is 0 Å². The number of carbonyl (C=O) groups is 1. The van der Waals surface area contributed by atoms with Crippen molar-refractivity contribution in [1.29, 1.82) is 0 Å². The van der Waals surface area contributed by atoms with Gasteiger partial charge in [-0.2, -0.15) is 0 Å². The van der Waals surface area contributed by atoms with E-state index in [-0.39, 0.29) is 5.91 Å². The van der Waals surface area contributed by atoms with E-state index in [4.69, 9.17) is 9.26 Å². The van der Waals surface area contributed by atoms with Crippen LogP contribution in [0, 0.1) is 13.8 Å². The van der Waals surface area contributed by atoms with Gasteiger partial charge in [0.05, 0.1) is 11.3 Å². The molecular weight excluding hydrogens is 366 g/mol. The molecular formula is C23H27N3O3. The molecule has 0 aliphatic heterocycles. The second kappa shape index (κ2) is 9.39. The molecule has 0 fully saturated rings. The Morgan fingerprint density at radius 2 is 1.76 bits per heavy atom. The third-order valence-electron chi connectivity index (χ3n) is 4.73. The van der Waals surface area contributed by atoms with E-state index < -0.39 is 0 Å². The van der Waals surface area contributed by atoms with Crippen LogP contribution in [0.25, 0.3) is 0 Å². The molecule has 2 aromatic carbocycles. The molecule has 0 saturated carbocycles. The average Bonchev–Trinajstić information content (AvgIpc) is 3.03. The van der Waals surface area contributed by atoms with Crippen LogP contribution < -0.4 is 10.1 Å². The first kappa shape index (κ1) is 20.6. The minimum absolute atomic E-state index is 0.109. The molecule has 0 aliphatic carbocycles. The second-order valence-corrected chi connectivity index (χ2v) is 7.30. The predicted octanol–water partition coefficient (Wildman–Crippen LogP) is 3.86. The molecule has 0 unspecified atom stereocenters. The number of hydrogen-bond acceptors (Lipinski definition) is 5. The average molecular weight is 393 g/mol. The molecule has 6 nitrogen and oxygen atoms in total. The number of nitrogens with zero attached hydrogens (tertiary/aromatic N) is 2. The van der Waals surface area contributed by atoms with E-state index in [2.05, 4.69) is 21.4 Å². The number of hydrogen-bond donors (Lipinski definition) is 1. The number of carbonyl (C=O) groups excluding carboxylic acids is 1. The normalized spacial score (nSPS) is 10.9. The van der Waals surface area contributed by atoms with Crippen LogP contribution in [-0.2, 0) is 19.7 Å². The summed E-state index contributed by atoms with van der Waals surface area (Å²) in [7, 11) is 4.06. The lowest BCUT2D eigenvalue weighted by atomic mass is 10.1. The van der Waals surface area contributed by atoms with Gasteiger partial charge in [-0.1, -0.05) is 29.4 Å². The Bertz CT molecular complexity index is 942. The van der Waals surface area contributed by atoms with Gasteiger partial charge in [-0.3, -0.25) is 4.79 Å². The first-order valence-electron chi connectivity index (χ1n) is 9.58. The van der Waals surface area contributed by atoms with Gasteiger partial charge in [0.1, 0.15) is 18.1 Å². The van der Waals surface area contributed by atoms with Gasteiger partial charge in [0, 0.05) is 18.7 Å². The summed E-state index contributed by atoms with van der Waals surface area (Å²) < 4.78 is 10.9. The Hall–Kier alpha value is -3.12. The third kappa shape index (κ3) is 5.45. The highest BCUT2D eigenvalue weighted by atomic mass is 16.5. The summed E-state index contributed by atoms with van der Waals surface area (Å²) >= 11 is 0. The van der Waals surface area contributed by atoms with Gasteiger partial charge < -0.3 is 19.5 Å². The molecule has 3 aromatic rings. The lowest BCUT2D eigenvalue weighted by molar-refractivity contribution is 0.0950. The molecule has 1 heterocycles. The quantitative estimate of drug-likeness (QED) is 0.629. The first-order chi connectivity index (χ1) is 13.9. The Labute approximate surface area is 171 Å². The van der Waals surface area contributed by atoms with E-state index in [1.165, 1.54) is 5.56 Å². The van der Waals surface area contributed by atoms with Crippen molar-refractivity contribution in [3.05, 3.63) is 82.2 Å². The molecule has 1 N–H and O–H groups in total. The maximum absolute atomic E-state index is 12.5. The number of rotatable bonds is 8. The van der Waals surface area contributed by atoms with Gasteiger partial charge in [-0.15, -0.1) is 0 Å². The molecule has 1 amide bonds. The number of benzene rings is 2. The summed E-state index contributed by atoms with van der Waals surface area (Å²) in [5, 5.41) is 6.92. The summed E-state index contributed by atoms with van der Waals surface area (Å²) in [4.78, 5) is 14.6. The highest BCUT2D eigenvalue weighted by Crippen LogP contribution is 2.18. The zero-order chi connectivity index (χ0) is 20.8. The zero-order valence-corrected chi connectivity index (χ0v) is 17.4. The largest absolute Gasteiger partial charge is 0.489 e. The standard InChI is InChI=1S/C23H27N3O3/c1-16-22(17(2)29-25-16)15-28-21-11-9-18(10-12-21)23(27)24-13-19-7-5-6-8-20(19)14-26(3)4/h5-12H,13-15H2,1-4H3,(H,24,27). The van der Waals surface area contributed by atoms with Crippen molar-refractivity contribution in [3.8, 4) is 5.75 Å². The molecule has 152 valence electrons. The van der Waals surface area contributed by atoms with Gasteiger partial charge in [0.2, 0.25) is 0 Å². The maximum atomic E-state index is 12.5. The number of nitrogens with one attached hydrogen (secondary N) is 1. The van der Waals surface area contributed by atoms with E-state index in [1.807, 2.05) is 46.1 Å².